The predicted molar refractivity (Wildman–Crippen MR) is 74.1 cm³/mol. The first-order valence-electron chi connectivity index (χ1n) is 6.55. The summed E-state index contributed by atoms with van der Waals surface area (Å²) in [6, 6.07) is 4.69. The van der Waals surface area contributed by atoms with Crippen molar-refractivity contribution in [2.24, 2.45) is 22.7 Å². The lowest BCUT2D eigenvalue weighted by Gasteiger charge is -2.21. The zero-order chi connectivity index (χ0) is 14.0. The van der Waals surface area contributed by atoms with Crippen molar-refractivity contribution >= 4 is 11.5 Å². The predicted octanol–water partition coefficient (Wildman–Crippen LogP) is 2.40. The molecule has 1 atom stereocenters. The van der Waals surface area contributed by atoms with E-state index >= 15 is 0 Å². The van der Waals surface area contributed by atoms with Gasteiger partial charge in [-0.1, -0.05) is 19.0 Å². The Kier molecular flexibility index (Phi) is 3.93. The van der Waals surface area contributed by atoms with Crippen LogP contribution >= 0.6 is 0 Å². The van der Waals surface area contributed by atoms with E-state index in [9.17, 15) is 4.39 Å². The third-order valence-electron chi connectivity index (χ3n) is 3.86. The number of anilines is 1. The summed E-state index contributed by atoms with van der Waals surface area (Å²) in [6.45, 7) is 6.16. The van der Waals surface area contributed by atoms with E-state index in [2.05, 4.69) is 23.9 Å². The summed E-state index contributed by atoms with van der Waals surface area (Å²) in [5.74, 6) is 0.827. The fourth-order valence-corrected chi connectivity index (χ4v) is 2.53. The Morgan fingerprint density at radius 2 is 2.26 bits per heavy atom. The van der Waals surface area contributed by atoms with Gasteiger partial charge in [0.05, 0.1) is 5.69 Å². The smallest absolute Gasteiger partial charge is 0.170 e. The van der Waals surface area contributed by atoms with Crippen molar-refractivity contribution in [2.45, 2.75) is 20.3 Å². The van der Waals surface area contributed by atoms with Crippen molar-refractivity contribution < 1.29 is 9.60 Å². The molecule has 0 saturated carbocycles. The number of oxime groups is 1. The zero-order valence-corrected chi connectivity index (χ0v) is 11.3. The van der Waals surface area contributed by atoms with E-state index in [0.29, 0.717) is 23.1 Å². The van der Waals surface area contributed by atoms with Crippen molar-refractivity contribution in [3.05, 3.63) is 29.6 Å². The molecule has 2 rings (SSSR count). The molecule has 1 aromatic rings. The van der Waals surface area contributed by atoms with E-state index in [0.717, 1.165) is 19.5 Å². The summed E-state index contributed by atoms with van der Waals surface area (Å²) in [6.07, 6.45) is 1.10. The molecule has 1 unspecified atom stereocenters. The average molecular weight is 265 g/mol. The molecule has 3 N–H and O–H groups in total. The molecule has 5 heteroatoms. The lowest BCUT2D eigenvalue weighted by Crippen LogP contribution is -2.22. The molecular formula is C14H20FN3O. The van der Waals surface area contributed by atoms with Crippen LogP contribution in [0.3, 0.4) is 0 Å². The van der Waals surface area contributed by atoms with Gasteiger partial charge in [-0.2, -0.15) is 0 Å². The number of hydrogen-bond donors (Lipinski definition) is 2. The first-order chi connectivity index (χ1) is 9.02. The van der Waals surface area contributed by atoms with E-state index < -0.39 is 0 Å². The van der Waals surface area contributed by atoms with Crippen LogP contribution in [0.2, 0.25) is 0 Å². The standard InChI is InChI=1S/C14H20FN3O/c1-9(2)11-5-6-18(8-11)13-4-3-10(7-12(13)15)14(16)17-19/h3-4,7,9,11,19H,5-6,8H2,1-2H3,(H2,16,17). The molecule has 1 heterocycles. The lowest BCUT2D eigenvalue weighted by atomic mass is 9.95. The second-order valence-electron chi connectivity index (χ2n) is 5.39. The van der Waals surface area contributed by atoms with Crippen molar-refractivity contribution in [1.82, 2.24) is 0 Å². The molecule has 0 radical (unpaired) electrons. The molecule has 1 aromatic carbocycles. The van der Waals surface area contributed by atoms with Crippen molar-refractivity contribution in [2.75, 3.05) is 18.0 Å². The van der Waals surface area contributed by atoms with Crippen LogP contribution < -0.4 is 10.6 Å². The van der Waals surface area contributed by atoms with Gasteiger partial charge in [0, 0.05) is 18.7 Å². The molecule has 104 valence electrons. The molecule has 0 amide bonds. The molecule has 19 heavy (non-hydrogen) atoms. The number of halogens is 1. The van der Waals surface area contributed by atoms with Crippen LogP contribution in [0.15, 0.2) is 23.4 Å². The summed E-state index contributed by atoms with van der Waals surface area (Å²) in [4.78, 5) is 2.07. The van der Waals surface area contributed by atoms with Crippen molar-refractivity contribution in [3.8, 4) is 0 Å². The van der Waals surface area contributed by atoms with Crippen LogP contribution in [-0.2, 0) is 0 Å². The van der Waals surface area contributed by atoms with Gasteiger partial charge in [-0.25, -0.2) is 4.39 Å². The Bertz CT molecular complexity index is 488. The highest BCUT2D eigenvalue weighted by Crippen LogP contribution is 2.30. The molecule has 1 aliphatic rings. The second-order valence-corrected chi connectivity index (χ2v) is 5.39. The van der Waals surface area contributed by atoms with Crippen LogP contribution in [0.4, 0.5) is 10.1 Å². The Labute approximate surface area is 112 Å². The molecule has 1 fully saturated rings. The van der Waals surface area contributed by atoms with E-state index in [1.54, 1.807) is 12.1 Å². The molecule has 0 bridgehead atoms. The number of benzene rings is 1. The fourth-order valence-electron chi connectivity index (χ4n) is 2.53. The molecular weight excluding hydrogens is 245 g/mol. The summed E-state index contributed by atoms with van der Waals surface area (Å²) in [5.41, 5.74) is 6.44. The maximum atomic E-state index is 14.1. The van der Waals surface area contributed by atoms with Gasteiger partial charge in [0.25, 0.3) is 0 Å². The number of nitrogens with two attached hydrogens (primary N) is 1. The lowest BCUT2D eigenvalue weighted by molar-refractivity contribution is 0.318. The summed E-state index contributed by atoms with van der Waals surface area (Å²) in [7, 11) is 0. The third-order valence-corrected chi connectivity index (χ3v) is 3.86. The van der Waals surface area contributed by atoms with E-state index in [1.807, 2.05) is 0 Å². The monoisotopic (exact) mass is 265 g/mol. The topological polar surface area (TPSA) is 61.8 Å². The van der Waals surface area contributed by atoms with E-state index in [1.165, 1.54) is 6.07 Å². The maximum absolute atomic E-state index is 14.1. The zero-order valence-electron chi connectivity index (χ0n) is 11.3. The van der Waals surface area contributed by atoms with Gasteiger partial charge in [-0.05, 0) is 36.5 Å². The van der Waals surface area contributed by atoms with Crippen LogP contribution in [-0.4, -0.2) is 24.1 Å². The Morgan fingerprint density at radius 3 is 2.79 bits per heavy atom. The van der Waals surface area contributed by atoms with Crippen LogP contribution in [0.5, 0.6) is 0 Å². The third kappa shape index (κ3) is 2.80. The number of amidine groups is 1. The maximum Gasteiger partial charge on any atom is 0.170 e. The quantitative estimate of drug-likeness (QED) is 0.382. The highest BCUT2D eigenvalue weighted by Gasteiger charge is 2.26. The first-order valence-corrected chi connectivity index (χ1v) is 6.55. The minimum Gasteiger partial charge on any atom is -0.409 e. The number of rotatable bonds is 3. The van der Waals surface area contributed by atoms with Gasteiger partial charge >= 0.3 is 0 Å². The molecule has 0 spiro atoms. The highest BCUT2D eigenvalue weighted by atomic mass is 19.1. The van der Waals surface area contributed by atoms with E-state index in [4.69, 9.17) is 10.9 Å². The van der Waals surface area contributed by atoms with Crippen molar-refractivity contribution in [3.63, 3.8) is 0 Å². The fraction of sp³-hybridized carbons (Fsp3) is 0.500. The average Bonchev–Trinajstić information content (AvgIpc) is 2.87. The van der Waals surface area contributed by atoms with Crippen LogP contribution in [0.25, 0.3) is 0 Å². The van der Waals surface area contributed by atoms with Gasteiger partial charge in [0.2, 0.25) is 0 Å². The second kappa shape index (κ2) is 5.47. The molecule has 0 aromatic heterocycles. The van der Waals surface area contributed by atoms with Gasteiger partial charge in [-0.3, -0.25) is 0 Å². The summed E-state index contributed by atoms with van der Waals surface area (Å²) >= 11 is 0. The Morgan fingerprint density at radius 1 is 1.53 bits per heavy atom. The molecule has 0 aliphatic carbocycles. The highest BCUT2D eigenvalue weighted by molar-refractivity contribution is 5.97. The SMILES string of the molecule is CC(C)C1CCN(c2ccc(/C(N)=N/O)cc2F)C1. The van der Waals surface area contributed by atoms with Gasteiger partial charge in [0.1, 0.15) is 5.82 Å². The van der Waals surface area contributed by atoms with E-state index in [-0.39, 0.29) is 11.7 Å². The van der Waals surface area contributed by atoms with Gasteiger partial charge in [0.15, 0.2) is 5.84 Å². The largest absolute Gasteiger partial charge is 0.409 e. The van der Waals surface area contributed by atoms with Crippen LogP contribution in [0.1, 0.15) is 25.8 Å². The Balaban J connectivity index is 2.18. The van der Waals surface area contributed by atoms with Gasteiger partial charge < -0.3 is 15.8 Å². The minimum atomic E-state index is -0.325. The summed E-state index contributed by atoms with van der Waals surface area (Å²) in [5, 5.41) is 11.5. The Hall–Kier alpha value is -1.78. The number of hydrogen-bond acceptors (Lipinski definition) is 3. The normalized spacial score (nSPS) is 20.3. The van der Waals surface area contributed by atoms with Crippen molar-refractivity contribution in [1.29, 1.82) is 0 Å². The summed E-state index contributed by atoms with van der Waals surface area (Å²) < 4.78 is 14.1. The number of nitrogens with zero attached hydrogens (tertiary/aromatic N) is 2. The molecule has 1 aliphatic heterocycles. The molecule has 1 saturated heterocycles. The first kappa shape index (κ1) is 13.6. The van der Waals surface area contributed by atoms with Crippen LogP contribution in [0, 0.1) is 17.7 Å². The van der Waals surface area contributed by atoms with Gasteiger partial charge in [-0.15, -0.1) is 0 Å². The molecule has 4 nitrogen and oxygen atoms in total. The minimum absolute atomic E-state index is 0.0769.